The lowest BCUT2D eigenvalue weighted by molar-refractivity contribution is -0.275. The first-order chi connectivity index (χ1) is 16.3. The van der Waals surface area contributed by atoms with Gasteiger partial charge < -0.3 is 30.0 Å². The molecule has 0 saturated heterocycles. The van der Waals surface area contributed by atoms with Gasteiger partial charge in [0.1, 0.15) is 28.9 Å². The molecule has 0 amide bonds. The lowest BCUT2D eigenvalue weighted by Crippen LogP contribution is -2.36. The van der Waals surface area contributed by atoms with Crippen LogP contribution in [0.15, 0.2) is 42.5 Å². The van der Waals surface area contributed by atoms with Crippen molar-refractivity contribution >= 4 is 29.0 Å². The average molecular weight is 524 g/mol. The maximum atomic E-state index is 12.4. The van der Waals surface area contributed by atoms with Gasteiger partial charge in [-0.2, -0.15) is 0 Å². The van der Waals surface area contributed by atoms with E-state index in [1.54, 1.807) is 0 Å². The molecular formula is C21H18F6N2O5S. The number of alkyl halides is 6. The summed E-state index contributed by atoms with van der Waals surface area (Å²) in [6, 6.07) is 7.70. The van der Waals surface area contributed by atoms with Crippen LogP contribution in [-0.2, 0) is 0 Å². The lowest BCUT2D eigenvalue weighted by Gasteiger charge is -2.19. The number of hydrogen-bond acceptors (Lipinski definition) is 5. The lowest BCUT2D eigenvalue weighted by atomic mass is 10.2. The van der Waals surface area contributed by atoms with E-state index in [9.17, 15) is 36.2 Å². The molecule has 2 unspecified atom stereocenters. The Morgan fingerprint density at radius 1 is 0.971 bits per heavy atom. The van der Waals surface area contributed by atoms with Crippen LogP contribution in [0.1, 0.15) is 29.6 Å². The molecule has 35 heavy (non-hydrogen) atoms. The van der Waals surface area contributed by atoms with E-state index in [1.807, 2.05) is 0 Å². The van der Waals surface area contributed by atoms with Crippen molar-refractivity contribution in [2.45, 2.75) is 44.1 Å². The third-order valence-electron chi connectivity index (χ3n) is 4.75. The summed E-state index contributed by atoms with van der Waals surface area (Å²) >= 11 is 5.20. The van der Waals surface area contributed by atoms with Gasteiger partial charge in [0, 0.05) is 24.2 Å². The van der Waals surface area contributed by atoms with Crippen LogP contribution in [0.2, 0.25) is 0 Å². The van der Waals surface area contributed by atoms with Crippen LogP contribution < -0.4 is 24.8 Å². The number of benzene rings is 2. The molecule has 3 rings (SSSR count). The molecule has 2 aromatic rings. The Balaban J connectivity index is 1.56. The minimum Gasteiger partial charge on any atom is -0.489 e. The molecular weight excluding hydrogens is 506 g/mol. The molecule has 1 saturated carbocycles. The van der Waals surface area contributed by atoms with Gasteiger partial charge in [-0.15, -0.1) is 26.3 Å². The van der Waals surface area contributed by atoms with Crippen LogP contribution in [0, 0.1) is 0 Å². The van der Waals surface area contributed by atoms with Gasteiger partial charge in [0.2, 0.25) is 0 Å². The molecule has 1 aliphatic carbocycles. The number of carbonyl (C=O) groups is 1. The minimum atomic E-state index is -4.97. The van der Waals surface area contributed by atoms with E-state index in [4.69, 9.17) is 17.0 Å². The van der Waals surface area contributed by atoms with Gasteiger partial charge >= 0.3 is 18.7 Å². The molecule has 2 aromatic carbocycles. The summed E-state index contributed by atoms with van der Waals surface area (Å²) in [4.78, 5) is 11.5. The monoisotopic (exact) mass is 524 g/mol. The first kappa shape index (κ1) is 26.2. The highest BCUT2D eigenvalue weighted by molar-refractivity contribution is 7.80. The Kier molecular flexibility index (Phi) is 7.83. The molecule has 3 N–H and O–H groups in total. The number of thiocarbonyl (C=S) groups is 1. The number of aromatic carboxylic acids is 1. The number of ether oxygens (including phenoxy) is 3. The zero-order chi connectivity index (χ0) is 25.8. The molecule has 0 heterocycles. The number of halogens is 6. The quantitative estimate of drug-likeness (QED) is 0.325. The molecule has 2 atom stereocenters. The molecule has 0 aromatic heterocycles. The predicted octanol–water partition coefficient (Wildman–Crippen LogP) is 5.47. The molecule has 14 heteroatoms. The van der Waals surface area contributed by atoms with Crippen molar-refractivity contribution in [1.29, 1.82) is 0 Å². The number of nitrogens with one attached hydrogen (secondary N) is 2. The smallest absolute Gasteiger partial charge is 0.489 e. The third kappa shape index (κ3) is 8.38. The molecule has 1 fully saturated rings. The van der Waals surface area contributed by atoms with Crippen LogP contribution in [-0.4, -0.2) is 41.1 Å². The summed E-state index contributed by atoms with van der Waals surface area (Å²) < 4.78 is 87.6. The Morgan fingerprint density at radius 2 is 1.63 bits per heavy atom. The van der Waals surface area contributed by atoms with Gasteiger partial charge in [0.05, 0.1) is 0 Å². The highest BCUT2D eigenvalue weighted by Crippen LogP contribution is 2.32. The maximum Gasteiger partial charge on any atom is 0.573 e. The summed E-state index contributed by atoms with van der Waals surface area (Å²) in [5, 5.41) is 15.2. The number of carboxylic acids is 1. The van der Waals surface area contributed by atoms with Crippen molar-refractivity contribution in [2.75, 3.05) is 5.32 Å². The zero-order valence-corrected chi connectivity index (χ0v) is 18.4. The summed E-state index contributed by atoms with van der Waals surface area (Å²) in [5.41, 5.74) is -0.219. The van der Waals surface area contributed by atoms with E-state index < -0.39 is 41.9 Å². The Morgan fingerprint density at radius 3 is 2.26 bits per heavy atom. The Hall–Kier alpha value is -3.42. The summed E-state index contributed by atoms with van der Waals surface area (Å²) in [7, 11) is 0. The average Bonchev–Trinajstić information content (AvgIpc) is 3.13. The summed E-state index contributed by atoms with van der Waals surface area (Å²) in [6.07, 6.45) is -8.80. The second-order valence-electron chi connectivity index (χ2n) is 7.43. The van der Waals surface area contributed by atoms with Gasteiger partial charge in [-0.25, -0.2) is 4.79 Å². The predicted molar refractivity (Wildman–Crippen MR) is 115 cm³/mol. The topological polar surface area (TPSA) is 89.1 Å². The molecule has 190 valence electrons. The fraction of sp³-hybridized carbons (Fsp3) is 0.333. The molecule has 7 nitrogen and oxygen atoms in total. The van der Waals surface area contributed by atoms with Crippen LogP contribution in [0.3, 0.4) is 0 Å². The van der Waals surface area contributed by atoms with Crippen LogP contribution in [0.25, 0.3) is 0 Å². The van der Waals surface area contributed by atoms with Crippen molar-refractivity contribution in [3.05, 3.63) is 48.0 Å². The number of carboxylic acid groups (broad SMARTS) is 1. The SMILES string of the molecule is O=C(O)c1cc(OC(F)(F)F)ccc1OC1CCC(NC(=S)Nc2cccc(OC(F)(F)F)c2)C1. The second-order valence-corrected chi connectivity index (χ2v) is 7.84. The van der Waals surface area contributed by atoms with E-state index >= 15 is 0 Å². The molecule has 0 spiro atoms. The van der Waals surface area contributed by atoms with E-state index in [-0.39, 0.29) is 22.6 Å². The number of anilines is 1. The summed E-state index contributed by atoms with van der Waals surface area (Å²) in [5.74, 6) is -2.70. The van der Waals surface area contributed by atoms with E-state index in [1.165, 1.54) is 12.1 Å². The normalized spacial score (nSPS) is 18.0. The van der Waals surface area contributed by atoms with Crippen molar-refractivity contribution in [3.8, 4) is 17.2 Å². The van der Waals surface area contributed by atoms with Crippen LogP contribution in [0.5, 0.6) is 17.2 Å². The van der Waals surface area contributed by atoms with Crippen molar-refractivity contribution < 1.29 is 50.5 Å². The van der Waals surface area contributed by atoms with Crippen LogP contribution >= 0.6 is 12.2 Å². The minimum absolute atomic E-state index is 0.111. The highest BCUT2D eigenvalue weighted by atomic mass is 32.1. The fourth-order valence-corrected chi connectivity index (χ4v) is 3.74. The first-order valence-electron chi connectivity index (χ1n) is 10.0. The Labute approximate surface area is 200 Å². The van der Waals surface area contributed by atoms with Gasteiger partial charge in [-0.05, 0) is 55.4 Å². The van der Waals surface area contributed by atoms with Crippen LogP contribution in [0.4, 0.5) is 32.0 Å². The summed E-state index contributed by atoms with van der Waals surface area (Å²) in [6.45, 7) is 0. The van der Waals surface area contributed by atoms with E-state index in [2.05, 4.69) is 20.1 Å². The third-order valence-corrected chi connectivity index (χ3v) is 4.97. The highest BCUT2D eigenvalue weighted by Gasteiger charge is 2.33. The van der Waals surface area contributed by atoms with Crippen molar-refractivity contribution in [3.63, 3.8) is 0 Å². The van der Waals surface area contributed by atoms with Crippen molar-refractivity contribution in [2.24, 2.45) is 0 Å². The van der Waals surface area contributed by atoms with Gasteiger partial charge in [-0.1, -0.05) is 6.07 Å². The Bertz CT molecular complexity index is 1080. The largest absolute Gasteiger partial charge is 0.573 e. The van der Waals surface area contributed by atoms with Crippen molar-refractivity contribution in [1.82, 2.24) is 5.32 Å². The molecule has 0 radical (unpaired) electrons. The van der Waals surface area contributed by atoms with Gasteiger partial charge in [-0.3, -0.25) is 0 Å². The second kappa shape index (κ2) is 10.5. The van der Waals surface area contributed by atoms with E-state index in [0.717, 1.165) is 30.3 Å². The van der Waals surface area contributed by atoms with Gasteiger partial charge in [0.15, 0.2) is 5.11 Å². The standard InChI is InChI=1S/C21H18F6N2O5S/c22-20(23,24)33-14-3-1-2-11(9-14)28-19(35)29-12-4-5-13(8-12)32-17-7-6-15(34-21(25,26)27)10-16(17)18(30)31/h1-3,6-7,9-10,12-13H,4-5,8H2,(H,30,31)(H2,28,29,35). The first-order valence-corrected chi connectivity index (χ1v) is 10.4. The fourth-order valence-electron chi connectivity index (χ4n) is 3.46. The zero-order valence-electron chi connectivity index (χ0n) is 17.6. The maximum absolute atomic E-state index is 12.4. The molecule has 0 bridgehead atoms. The number of hydrogen-bond donors (Lipinski definition) is 3. The van der Waals surface area contributed by atoms with E-state index in [0.29, 0.717) is 19.3 Å². The number of rotatable bonds is 7. The van der Waals surface area contributed by atoms with Gasteiger partial charge in [0.25, 0.3) is 0 Å². The molecule has 1 aliphatic rings. The molecule has 0 aliphatic heterocycles.